The average Bonchev–Trinajstić information content (AvgIpc) is 3.72. The van der Waals surface area contributed by atoms with Crippen LogP contribution in [0.2, 0.25) is 0 Å². The number of ether oxygens (including phenoxy) is 6. The van der Waals surface area contributed by atoms with E-state index in [9.17, 15) is 61.0 Å². The lowest BCUT2D eigenvalue weighted by molar-refractivity contribution is -0.379. The van der Waals surface area contributed by atoms with E-state index in [1.54, 1.807) is 6.08 Å². The molecule has 3 rings (SSSR count). The average molecular weight is 1250 g/mol. The number of nitrogens with one attached hydrogen (secondary N) is 1. The summed E-state index contributed by atoms with van der Waals surface area (Å²) < 4.78 is 34.3. The largest absolute Gasteiger partial charge is 0.394 e. The number of amides is 1. The van der Waals surface area contributed by atoms with Gasteiger partial charge in [0.15, 0.2) is 18.9 Å². The maximum atomic E-state index is 13.4. The molecule has 0 aromatic heterocycles. The number of aliphatic hydroxyl groups excluding tert-OH is 11. The molecule has 0 spiro atoms. The van der Waals surface area contributed by atoms with Gasteiger partial charge in [-0.1, -0.05) is 221 Å². The zero-order valence-corrected chi connectivity index (χ0v) is 53.4. The van der Waals surface area contributed by atoms with Crippen molar-refractivity contribution in [1.29, 1.82) is 0 Å². The molecule has 12 N–H and O–H groups in total. The van der Waals surface area contributed by atoms with Gasteiger partial charge in [-0.05, 0) is 70.6 Å². The molecule has 1 amide bonds. The molecule has 0 bridgehead atoms. The fraction of sp³-hybridized carbons (Fsp3) is 0.783. The number of carbonyl (C=O) groups is 1. The summed E-state index contributed by atoms with van der Waals surface area (Å²) in [6.07, 6.45) is 37.0. The third-order valence-electron chi connectivity index (χ3n) is 16.4. The number of aliphatic hydroxyl groups is 11. The van der Waals surface area contributed by atoms with E-state index in [1.807, 2.05) is 6.08 Å². The van der Waals surface area contributed by atoms with Gasteiger partial charge in [-0.3, -0.25) is 4.79 Å². The number of rotatable bonds is 50. The highest BCUT2D eigenvalue weighted by atomic mass is 16.8. The van der Waals surface area contributed by atoms with E-state index in [1.165, 1.54) is 109 Å². The van der Waals surface area contributed by atoms with Gasteiger partial charge in [0.1, 0.15) is 73.2 Å². The van der Waals surface area contributed by atoms with E-state index in [0.717, 1.165) is 77.0 Å². The van der Waals surface area contributed by atoms with Crippen LogP contribution in [0.15, 0.2) is 85.1 Å². The molecule has 3 heterocycles. The van der Waals surface area contributed by atoms with Crippen LogP contribution < -0.4 is 5.32 Å². The van der Waals surface area contributed by atoms with Gasteiger partial charge in [-0.25, -0.2) is 0 Å². The van der Waals surface area contributed by atoms with E-state index < -0.39 is 124 Å². The van der Waals surface area contributed by atoms with Crippen molar-refractivity contribution in [2.45, 2.75) is 317 Å². The third kappa shape index (κ3) is 32.5. The maximum Gasteiger partial charge on any atom is 0.220 e. The Morgan fingerprint density at radius 1 is 0.420 bits per heavy atom. The van der Waals surface area contributed by atoms with Crippen LogP contribution in [0.5, 0.6) is 0 Å². The number of hydrogen-bond donors (Lipinski definition) is 12. The molecular formula is C69H119NO18. The van der Waals surface area contributed by atoms with Gasteiger partial charge in [-0.2, -0.15) is 0 Å². The predicted octanol–water partition coefficient (Wildman–Crippen LogP) is 8.32. The molecule has 0 radical (unpaired) electrons. The lowest BCUT2D eigenvalue weighted by Crippen LogP contribution is -2.66. The summed E-state index contributed by atoms with van der Waals surface area (Å²) in [5.41, 5.74) is 0. The molecule has 3 aliphatic rings. The normalized spacial score (nSPS) is 28.9. The summed E-state index contributed by atoms with van der Waals surface area (Å²) in [4.78, 5) is 13.4. The molecule has 508 valence electrons. The lowest BCUT2D eigenvalue weighted by atomic mass is 9.96. The van der Waals surface area contributed by atoms with Gasteiger partial charge < -0.3 is 89.9 Å². The lowest BCUT2D eigenvalue weighted by Gasteiger charge is -2.48. The zero-order valence-electron chi connectivity index (χ0n) is 53.4. The molecule has 17 unspecified atom stereocenters. The van der Waals surface area contributed by atoms with Crippen molar-refractivity contribution in [3.8, 4) is 0 Å². The van der Waals surface area contributed by atoms with Crippen molar-refractivity contribution in [1.82, 2.24) is 5.32 Å². The van der Waals surface area contributed by atoms with Crippen LogP contribution in [0.4, 0.5) is 0 Å². The first-order valence-corrected chi connectivity index (χ1v) is 33.8. The summed E-state index contributed by atoms with van der Waals surface area (Å²) in [5, 5.41) is 120. The maximum absolute atomic E-state index is 13.4. The Bertz CT molecular complexity index is 1930. The summed E-state index contributed by atoms with van der Waals surface area (Å²) in [5.74, 6) is -0.319. The Kier molecular flexibility index (Phi) is 45.5. The third-order valence-corrected chi connectivity index (χ3v) is 16.4. The summed E-state index contributed by atoms with van der Waals surface area (Å²) >= 11 is 0. The molecule has 0 saturated carbocycles. The van der Waals surface area contributed by atoms with Gasteiger partial charge >= 0.3 is 0 Å². The van der Waals surface area contributed by atoms with E-state index in [0.29, 0.717) is 6.42 Å². The van der Waals surface area contributed by atoms with Crippen LogP contribution in [-0.4, -0.2) is 193 Å². The van der Waals surface area contributed by atoms with Gasteiger partial charge in [0.2, 0.25) is 5.91 Å². The van der Waals surface area contributed by atoms with Crippen molar-refractivity contribution in [2.75, 3.05) is 26.4 Å². The van der Waals surface area contributed by atoms with Crippen LogP contribution in [0.1, 0.15) is 213 Å². The standard InChI is InChI=1S/C69H119NO18/c1-3-5-7-9-11-13-15-17-19-21-23-25-27-28-30-32-34-36-38-40-42-44-46-53(74)52(70-57(75)47-45-43-41-39-37-35-33-31-29-26-24-22-20-18-16-14-12-10-8-6-4-2)51-83-67-63(81)60(78)65(55(49-72)85-67)88-69-64(82)61(79)66(56(50-73)86-69)87-68-62(80)59(77)58(76)54(48-71)84-68/h6,8,12,14,18,20,24,26,31,33,37,39,44,46,52-56,58-69,71-74,76-82H,3-5,7,9-11,13,15-17,19,21-23,25,27-30,32,34-36,38,40-43,45,47-51H2,1-2H3,(H,70,75)/b8-6-,14-12-,20-18-,26-24-,33-31-,39-37-,46-44+. The summed E-state index contributed by atoms with van der Waals surface area (Å²) in [6.45, 7) is 1.58. The Morgan fingerprint density at radius 2 is 0.784 bits per heavy atom. The van der Waals surface area contributed by atoms with Gasteiger partial charge in [0.25, 0.3) is 0 Å². The van der Waals surface area contributed by atoms with Crippen molar-refractivity contribution < 1.29 is 89.4 Å². The van der Waals surface area contributed by atoms with Crippen molar-refractivity contribution in [2.24, 2.45) is 0 Å². The fourth-order valence-electron chi connectivity index (χ4n) is 11.0. The second-order valence-corrected chi connectivity index (χ2v) is 23.9. The Hall–Kier alpha value is -3.03. The Balaban J connectivity index is 1.48. The predicted molar refractivity (Wildman–Crippen MR) is 341 cm³/mol. The number of unbranched alkanes of at least 4 members (excludes halogenated alkanes) is 22. The number of hydrogen-bond acceptors (Lipinski definition) is 18. The van der Waals surface area contributed by atoms with Crippen molar-refractivity contribution >= 4 is 5.91 Å². The van der Waals surface area contributed by atoms with Crippen LogP contribution in [0.25, 0.3) is 0 Å². The zero-order chi connectivity index (χ0) is 64.0. The summed E-state index contributed by atoms with van der Waals surface area (Å²) in [6, 6.07) is -1.00. The van der Waals surface area contributed by atoms with Crippen LogP contribution in [0.3, 0.4) is 0 Å². The number of carbonyl (C=O) groups excluding carboxylic acids is 1. The highest BCUT2D eigenvalue weighted by Crippen LogP contribution is 2.33. The molecule has 19 heteroatoms. The van der Waals surface area contributed by atoms with Crippen LogP contribution in [-0.2, 0) is 33.2 Å². The molecule has 3 fully saturated rings. The Labute approximate surface area is 527 Å². The molecule has 0 aromatic carbocycles. The smallest absolute Gasteiger partial charge is 0.220 e. The quantitative estimate of drug-likeness (QED) is 0.0201. The molecule has 0 aromatic rings. The van der Waals surface area contributed by atoms with Crippen LogP contribution >= 0.6 is 0 Å². The minimum absolute atomic E-state index is 0.184. The molecule has 17 atom stereocenters. The number of allylic oxidation sites excluding steroid dienone is 13. The molecule has 88 heavy (non-hydrogen) atoms. The molecular weight excluding hydrogens is 1130 g/mol. The van der Waals surface area contributed by atoms with E-state index in [-0.39, 0.29) is 18.9 Å². The van der Waals surface area contributed by atoms with Crippen molar-refractivity contribution in [3.63, 3.8) is 0 Å². The minimum atomic E-state index is -1.99. The first-order chi connectivity index (χ1) is 42.8. The monoisotopic (exact) mass is 1250 g/mol. The fourth-order valence-corrected chi connectivity index (χ4v) is 11.0. The first kappa shape index (κ1) is 79.2. The molecule has 3 aliphatic heterocycles. The second kappa shape index (κ2) is 50.5. The van der Waals surface area contributed by atoms with E-state index in [4.69, 9.17) is 28.4 Å². The molecule has 0 aliphatic carbocycles. The Morgan fingerprint density at radius 3 is 1.23 bits per heavy atom. The van der Waals surface area contributed by atoms with Gasteiger partial charge in [0, 0.05) is 6.42 Å². The SMILES string of the molecule is CC/C=C\C/C=C\C/C=C\C/C=C\C/C=C\C/C=C\CCCCC(=O)NC(COC1OC(CO)C(OC2OC(CO)C(OC3OC(CO)C(O)C(O)C3O)C(O)C2O)C(O)C1O)C(O)/C=C/CCCCCCCCCCCCCCCCCCCCCC. The highest BCUT2D eigenvalue weighted by molar-refractivity contribution is 5.76. The molecule has 3 saturated heterocycles. The van der Waals surface area contributed by atoms with Crippen molar-refractivity contribution in [3.05, 3.63) is 85.1 Å². The van der Waals surface area contributed by atoms with Gasteiger partial charge in [0.05, 0.1) is 38.6 Å². The minimum Gasteiger partial charge on any atom is -0.394 e. The van der Waals surface area contributed by atoms with Gasteiger partial charge in [-0.15, -0.1) is 0 Å². The summed E-state index contributed by atoms with van der Waals surface area (Å²) in [7, 11) is 0. The topological polar surface area (TPSA) is 307 Å². The van der Waals surface area contributed by atoms with E-state index in [2.05, 4.69) is 92.1 Å². The van der Waals surface area contributed by atoms with E-state index >= 15 is 0 Å². The second-order valence-electron chi connectivity index (χ2n) is 23.9. The van der Waals surface area contributed by atoms with Crippen LogP contribution in [0, 0.1) is 0 Å². The highest BCUT2D eigenvalue weighted by Gasteiger charge is 2.53. The first-order valence-electron chi connectivity index (χ1n) is 33.8. The molecule has 19 nitrogen and oxygen atoms in total.